The lowest BCUT2D eigenvalue weighted by Crippen LogP contribution is -2.09. The van der Waals surface area contributed by atoms with Crippen molar-refractivity contribution in [2.45, 2.75) is 6.17 Å². The normalized spacial score (nSPS) is 37.0. The highest BCUT2D eigenvalue weighted by molar-refractivity contribution is 5.01. The van der Waals surface area contributed by atoms with Crippen LogP contribution in [0, 0.1) is 18.3 Å². The summed E-state index contributed by atoms with van der Waals surface area (Å²) in [5.74, 6) is 2.19. The Morgan fingerprint density at radius 2 is 2.38 bits per heavy atom. The van der Waals surface area contributed by atoms with Gasteiger partial charge in [0, 0.05) is 13.1 Å². The Bertz CT molecular complexity index is 116. The van der Waals surface area contributed by atoms with Crippen LogP contribution in [0.25, 0.3) is 0 Å². The Balaban J connectivity index is 2.45. The average molecular weight is 113 g/mol. The Kier molecular flexibility index (Phi) is 1.50. The maximum atomic E-state index is 12.4. The van der Waals surface area contributed by atoms with Crippen molar-refractivity contribution < 1.29 is 4.39 Å². The molecule has 1 aliphatic rings. The minimum Gasteiger partial charge on any atom is -0.312 e. The number of hydrogen-bond donors (Lipinski definition) is 1. The van der Waals surface area contributed by atoms with E-state index in [1.165, 1.54) is 0 Å². The van der Waals surface area contributed by atoms with Crippen LogP contribution >= 0.6 is 0 Å². The van der Waals surface area contributed by atoms with Gasteiger partial charge in [0.2, 0.25) is 0 Å². The van der Waals surface area contributed by atoms with Gasteiger partial charge in [0.05, 0.1) is 5.92 Å². The maximum absolute atomic E-state index is 12.4. The zero-order valence-corrected chi connectivity index (χ0v) is 4.52. The quantitative estimate of drug-likeness (QED) is 0.442. The van der Waals surface area contributed by atoms with Crippen LogP contribution in [-0.2, 0) is 0 Å². The van der Waals surface area contributed by atoms with Gasteiger partial charge < -0.3 is 5.32 Å². The highest BCUT2D eigenvalue weighted by atomic mass is 19.1. The van der Waals surface area contributed by atoms with Crippen LogP contribution in [0.15, 0.2) is 0 Å². The van der Waals surface area contributed by atoms with Gasteiger partial charge in [0.25, 0.3) is 0 Å². The fourth-order valence-electron chi connectivity index (χ4n) is 0.810. The van der Waals surface area contributed by atoms with Crippen LogP contribution in [0.5, 0.6) is 0 Å². The second-order valence-corrected chi connectivity index (χ2v) is 1.95. The fraction of sp³-hybridized carbons (Fsp3) is 0.667. The summed E-state index contributed by atoms with van der Waals surface area (Å²) in [6.07, 6.45) is 4.17. The molecule has 2 atom stereocenters. The van der Waals surface area contributed by atoms with E-state index in [0.29, 0.717) is 13.1 Å². The summed E-state index contributed by atoms with van der Waals surface area (Å²) in [7, 11) is 0. The molecule has 1 heterocycles. The molecule has 0 spiro atoms. The van der Waals surface area contributed by atoms with Crippen molar-refractivity contribution in [1.82, 2.24) is 5.32 Å². The van der Waals surface area contributed by atoms with E-state index in [1.807, 2.05) is 0 Å². The molecule has 0 radical (unpaired) electrons. The number of rotatable bonds is 0. The first-order chi connectivity index (χ1) is 3.84. The maximum Gasteiger partial charge on any atom is 0.127 e. The molecule has 0 amide bonds. The van der Waals surface area contributed by atoms with Crippen molar-refractivity contribution >= 4 is 0 Å². The first-order valence-electron chi connectivity index (χ1n) is 2.65. The molecule has 1 saturated heterocycles. The smallest absolute Gasteiger partial charge is 0.127 e. The Labute approximate surface area is 48.3 Å². The van der Waals surface area contributed by atoms with E-state index in [0.717, 1.165) is 0 Å². The molecule has 1 rings (SSSR count). The largest absolute Gasteiger partial charge is 0.312 e. The Morgan fingerprint density at radius 1 is 1.62 bits per heavy atom. The van der Waals surface area contributed by atoms with Gasteiger partial charge in [-0.2, -0.15) is 0 Å². The Hall–Kier alpha value is -0.550. The second-order valence-electron chi connectivity index (χ2n) is 1.95. The number of terminal acetylenes is 1. The molecule has 8 heavy (non-hydrogen) atoms. The van der Waals surface area contributed by atoms with Crippen LogP contribution in [0.2, 0.25) is 0 Å². The summed E-state index contributed by atoms with van der Waals surface area (Å²) in [6.45, 7) is 1.06. The van der Waals surface area contributed by atoms with Crippen molar-refractivity contribution in [2.24, 2.45) is 5.92 Å². The standard InChI is InChI=1S/C6H8FN/c1-2-5-3-8-4-6(5)7/h1,5-6,8H,3-4H2/t5-,6+/m0/s1. The van der Waals surface area contributed by atoms with Crippen LogP contribution in [0.4, 0.5) is 4.39 Å². The van der Waals surface area contributed by atoms with Crippen LogP contribution in [0.1, 0.15) is 0 Å². The molecule has 1 N–H and O–H groups in total. The highest BCUT2D eigenvalue weighted by Crippen LogP contribution is 2.09. The average Bonchev–Trinajstić information content (AvgIpc) is 2.14. The third-order valence-electron chi connectivity index (χ3n) is 1.35. The summed E-state index contributed by atoms with van der Waals surface area (Å²) >= 11 is 0. The van der Waals surface area contributed by atoms with Crippen LogP contribution < -0.4 is 5.32 Å². The topological polar surface area (TPSA) is 12.0 Å². The lowest BCUT2D eigenvalue weighted by atomic mass is 10.1. The van der Waals surface area contributed by atoms with E-state index in [1.54, 1.807) is 0 Å². The molecule has 0 unspecified atom stereocenters. The minimum absolute atomic E-state index is 0.185. The molecule has 1 fully saturated rings. The van der Waals surface area contributed by atoms with E-state index >= 15 is 0 Å². The van der Waals surface area contributed by atoms with Crippen molar-refractivity contribution in [2.75, 3.05) is 13.1 Å². The van der Waals surface area contributed by atoms with Gasteiger partial charge in [-0.1, -0.05) is 5.92 Å². The zero-order chi connectivity index (χ0) is 5.98. The summed E-state index contributed by atoms with van der Waals surface area (Å²) in [6, 6.07) is 0. The second kappa shape index (κ2) is 2.15. The number of nitrogens with one attached hydrogen (secondary N) is 1. The monoisotopic (exact) mass is 113 g/mol. The summed E-state index contributed by atoms with van der Waals surface area (Å²) < 4.78 is 12.4. The lowest BCUT2D eigenvalue weighted by molar-refractivity contribution is 0.323. The Morgan fingerprint density at radius 3 is 2.62 bits per heavy atom. The summed E-state index contributed by atoms with van der Waals surface area (Å²) in [4.78, 5) is 0. The molecule has 0 aliphatic carbocycles. The molecule has 0 saturated carbocycles. The molecule has 0 aromatic heterocycles. The van der Waals surface area contributed by atoms with Gasteiger partial charge in [0.15, 0.2) is 0 Å². The zero-order valence-electron chi connectivity index (χ0n) is 4.52. The van der Waals surface area contributed by atoms with Crippen molar-refractivity contribution in [3.8, 4) is 12.3 Å². The van der Waals surface area contributed by atoms with E-state index in [9.17, 15) is 4.39 Å². The third kappa shape index (κ3) is 0.823. The van der Waals surface area contributed by atoms with Crippen LogP contribution in [-0.4, -0.2) is 19.3 Å². The van der Waals surface area contributed by atoms with Gasteiger partial charge in [-0.05, 0) is 0 Å². The van der Waals surface area contributed by atoms with E-state index in [4.69, 9.17) is 6.42 Å². The molecule has 1 aliphatic heterocycles. The van der Waals surface area contributed by atoms with E-state index in [2.05, 4.69) is 11.2 Å². The van der Waals surface area contributed by atoms with E-state index in [-0.39, 0.29) is 5.92 Å². The van der Waals surface area contributed by atoms with Gasteiger partial charge in [-0.25, -0.2) is 4.39 Å². The molecule has 0 aromatic rings. The van der Waals surface area contributed by atoms with Crippen molar-refractivity contribution in [3.05, 3.63) is 0 Å². The third-order valence-corrected chi connectivity index (χ3v) is 1.35. The number of halogens is 1. The molecule has 44 valence electrons. The molecular weight excluding hydrogens is 105 g/mol. The van der Waals surface area contributed by atoms with Crippen molar-refractivity contribution in [1.29, 1.82) is 0 Å². The van der Waals surface area contributed by atoms with Gasteiger partial charge in [0.1, 0.15) is 6.17 Å². The molecule has 0 aromatic carbocycles. The molecule has 2 heteroatoms. The summed E-state index contributed by atoms with van der Waals surface area (Å²) in [5.41, 5.74) is 0. The highest BCUT2D eigenvalue weighted by Gasteiger charge is 2.23. The lowest BCUT2D eigenvalue weighted by Gasteiger charge is -1.98. The number of alkyl halides is 1. The first kappa shape index (κ1) is 5.58. The van der Waals surface area contributed by atoms with E-state index < -0.39 is 6.17 Å². The fourth-order valence-corrected chi connectivity index (χ4v) is 0.810. The predicted octanol–water partition coefficient (Wildman–Crippen LogP) is 0.177. The molecule has 0 bridgehead atoms. The number of hydrogen-bond acceptors (Lipinski definition) is 1. The molecule has 1 nitrogen and oxygen atoms in total. The van der Waals surface area contributed by atoms with Gasteiger partial charge >= 0.3 is 0 Å². The summed E-state index contributed by atoms with van der Waals surface area (Å²) in [5, 5.41) is 2.86. The minimum atomic E-state index is -0.819. The predicted molar refractivity (Wildman–Crippen MR) is 30.1 cm³/mol. The van der Waals surface area contributed by atoms with Gasteiger partial charge in [-0.15, -0.1) is 6.42 Å². The SMILES string of the molecule is C#C[C@H]1CNC[C@H]1F. The van der Waals surface area contributed by atoms with Crippen LogP contribution in [0.3, 0.4) is 0 Å². The first-order valence-corrected chi connectivity index (χ1v) is 2.65. The van der Waals surface area contributed by atoms with Crippen molar-refractivity contribution in [3.63, 3.8) is 0 Å². The molecular formula is C6H8FN. The van der Waals surface area contributed by atoms with Gasteiger partial charge in [-0.3, -0.25) is 0 Å².